The first-order valence-electron chi connectivity index (χ1n) is 4.75. The number of hydrogen-bond acceptors (Lipinski definition) is 3. The second-order valence-electron chi connectivity index (χ2n) is 3.57. The van der Waals surface area contributed by atoms with E-state index in [0.717, 1.165) is 11.0 Å². The number of nitrogens with one attached hydrogen (secondary N) is 2. The lowest BCUT2D eigenvalue weighted by Gasteiger charge is -2.08. The monoisotopic (exact) mass is 207 g/mol. The number of aromatic amines is 2. The lowest BCUT2D eigenvalue weighted by molar-refractivity contribution is 0.296. The Morgan fingerprint density at radius 1 is 1.40 bits per heavy atom. The smallest absolute Gasteiger partial charge is 0.323 e. The Bertz CT molecular complexity index is 513. The molecule has 0 aliphatic rings. The van der Waals surface area contributed by atoms with Crippen LogP contribution in [0.15, 0.2) is 23.0 Å². The predicted molar refractivity (Wildman–Crippen MR) is 58.1 cm³/mol. The largest absolute Gasteiger partial charge is 0.492 e. The first-order valence-corrected chi connectivity index (χ1v) is 4.75. The molecule has 0 fully saturated rings. The van der Waals surface area contributed by atoms with Crippen molar-refractivity contribution in [3.8, 4) is 5.75 Å². The minimum Gasteiger partial charge on any atom is -0.492 e. The molecule has 0 aliphatic carbocycles. The van der Waals surface area contributed by atoms with Gasteiger partial charge in [-0.15, -0.1) is 0 Å². The molecule has 1 aromatic heterocycles. The van der Waals surface area contributed by atoms with Gasteiger partial charge in [0.05, 0.1) is 11.0 Å². The van der Waals surface area contributed by atoms with Gasteiger partial charge in [0.25, 0.3) is 0 Å². The number of H-pyrrole nitrogens is 2. The maximum atomic E-state index is 11.0. The van der Waals surface area contributed by atoms with E-state index in [2.05, 4.69) is 9.97 Å². The van der Waals surface area contributed by atoms with Crippen LogP contribution in [-0.4, -0.2) is 22.6 Å². The van der Waals surface area contributed by atoms with Gasteiger partial charge in [-0.2, -0.15) is 0 Å². The molecule has 15 heavy (non-hydrogen) atoms. The van der Waals surface area contributed by atoms with E-state index in [-0.39, 0.29) is 11.7 Å². The van der Waals surface area contributed by atoms with E-state index >= 15 is 0 Å². The molecule has 5 nitrogen and oxygen atoms in total. The number of fused-ring (bicyclic) bond motifs is 1. The standard InChI is InChI=1S/C10H13N3O2/c1-6(11)5-15-7-2-3-8-9(4-7)13-10(14)12-8/h2-4,6H,5,11H2,1H3,(H2,12,13,14)/t6-/m1/s1. The van der Waals surface area contributed by atoms with E-state index < -0.39 is 0 Å². The van der Waals surface area contributed by atoms with Crippen molar-refractivity contribution in [2.75, 3.05) is 6.61 Å². The quantitative estimate of drug-likeness (QED) is 0.688. The number of ether oxygens (including phenoxy) is 1. The average molecular weight is 207 g/mol. The van der Waals surface area contributed by atoms with Crippen molar-refractivity contribution in [2.24, 2.45) is 5.73 Å². The highest BCUT2D eigenvalue weighted by Gasteiger charge is 2.01. The summed E-state index contributed by atoms with van der Waals surface area (Å²) < 4.78 is 5.42. The zero-order valence-corrected chi connectivity index (χ0v) is 8.41. The van der Waals surface area contributed by atoms with Crippen molar-refractivity contribution < 1.29 is 4.74 Å². The average Bonchev–Trinajstić information content (AvgIpc) is 2.53. The van der Waals surface area contributed by atoms with E-state index in [1.54, 1.807) is 18.2 Å². The molecule has 4 N–H and O–H groups in total. The van der Waals surface area contributed by atoms with Crippen LogP contribution in [0.4, 0.5) is 0 Å². The molecule has 1 aromatic carbocycles. The van der Waals surface area contributed by atoms with Crippen LogP contribution in [0.1, 0.15) is 6.92 Å². The fourth-order valence-electron chi connectivity index (χ4n) is 1.33. The summed E-state index contributed by atoms with van der Waals surface area (Å²) in [6.45, 7) is 2.33. The first kappa shape index (κ1) is 9.79. The number of aromatic nitrogens is 2. The zero-order valence-electron chi connectivity index (χ0n) is 8.41. The molecule has 0 saturated heterocycles. The number of benzene rings is 1. The Morgan fingerprint density at radius 2 is 2.13 bits per heavy atom. The number of hydrogen-bond donors (Lipinski definition) is 3. The van der Waals surface area contributed by atoms with Crippen LogP contribution in [-0.2, 0) is 0 Å². The van der Waals surface area contributed by atoms with Gasteiger partial charge in [-0.25, -0.2) is 4.79 Å². The SMILES string of the molecule is C[C@@H](N)COc1ccc2[nH]c(=O)[nH]c2c1. The van der Waals surface area contributed by atoms with Gasteiger partial charge in [0.2, 0.25) is 0 Å². The molecular formula is C10H13N3O2. The topological polar surface area (TPSA) is 83.9 Å². The lowest BCUT2D eigenvalue weighted by atomic mass is 10.3. The van der Waals surface area contributed by atoms with E-state index in [9.17, 15) is 4.79 Å². The van der Waals surface area contributed by atoms with Crippen molar-refractivity contribution in [1.29, 1.82) is 0 Å². The van der Waals surface area contributed by atoms with Gasteiger partial charge < -0.3 is 20.4 Å². The summed E-state index contributed by atoms with van der Waals surface area (Å²) in [5.74, 6) is 0.704. The van der Waals surface area contributed by atoms with Crippen LogP contribution in [0, 0.1) is 0 Å². The third kappa shape index (κ3) is 2.19. The normalized spacial score (nSPS) is 12.9. The molecule has 80 valence electrons. The summed E-state index contributed by atoms with van der Waals surface area (Å²) in [5.41, 5.74) is 6.86. The summed E-state index contributed by atoms with van der Waals surface area (Å²) in [7, 11) is 0. The molecular weight excluding hydrogens is 194 g/mol. The molecule has 0 amide bonds. The Labute approximate surface area is 86.3 Å². The summed E-state index contributed by atoms with van der Waals surface area (Å²) in [6.07, 6.45) is 0. The van der Waals surface area contributed by atoms with Gasteiger partial charge in [-0.1, -0.05) is 0 Å². The van der Waals surface area contributed by atoms with Crippen molar-refractivity contribution >= 4 is 11.0 Å². The number of nitrogens with two attached hydrogens (primary N) is 1. The molecule has 0 saturated carbocycles. The molecule has 0 unspecified atom stereocenters. The molecule has 0 radical (unpaired) electrons. The molecule has 2 aromatic rings. The first-order chi connectivity index (χ1) is 7.15. The number of imidazole rings is 1. The number of rotatable bonds is 3. The highest BCUT2D eigenvalue weighted by atomic mass is 16.5. The Kier molecular flexibility index (Phi) is 2.47. The Morgan fingerprint density at radius 3 is 2.87 bits per heavy atom. The lowest BCUT2D eigenvalue weighted by Crippen LogP contribution is -2.23. The summed E-state index contributed by atoms with van der Waals surface area (Å²) in [6, 6.07) is 5.36. The minimum absolute atomic E-state index is 0.00836. The molecule has 0 aliphatic heterocycles. The third-order valence-corrected chi connectivity index (χ3v) is 2.00. The molecule has 1 atom stereocenters. The van der Waals surface area contributed by atoms with Crippen LogP contribution >= 0.6 is 0 Å². The van der Waals surface area contributed by atoms with Gasteiger partial charge in [0.1, 0.15) is 12.4 Å². The Balaban J connectivity index is 2.26. The highest BCUT2D eigenvalue weighted by Crippen LogP contribution is 2.16. The highest BCUT2D eigenvalue weighted by molar-refractivity contribution is 5.75. The van der Waals surface area contributed by atoms with Crippen molar-refractivity contribution in [3.63, 3.8) is 0 Å². The van der Waals surface area contributed by atoms with Crippen LogP contribution in [0.5, 0.6) is 5.75 Å². The van der Waals surface area contributed by atoms with E-state index in [0.29, 0.717) is 12.4 Å². The molecule has 5 heteroatoms. The maximum absolute atomic E-state index is 11.0. The van der Waals surface area contributed by atoms with E-state index in [4.69, 9.17) is 10.5 Å². The fraction of sp³-hybridized carbons (Fsp3) is 0.300. The Hall–Kier alpha value is -1.75. The summed E-state index contributed by atoms with van der Waals surface area (Å²) >= 11 is 0. The van der Waals surface area contributed by atoms with Crippen molar-refractivity contribution in [1.82, 2.24) is 9.97 Å². The van der Waals surface area contributed by atoms with Gasteiger partial charge >= 0.3 is 5.69 Å². The third-order valence-electron chi connectivity index (χ3n) is 2.00. The maximum Gasteiger partial charge on any atom is 0.323 e. The summed E-state index contributed by atoms with van der Waals surface area (Å²) in [4.78, 5) is 16.3. The van der Waals surface area contributed by atoms with Gasteiger partial charge in [0.15, 0.2) is 0 Å². The second-order valence-corrected chi connectivity index (χ2v) is 3.57. The van der Waals surface area contributed by atoms with E-state index in [1.807, 2.05) is 6.92 Å². The predicted octanol–water partition coefficient (Wildman–Crippen LogP) is 0.582. The van der Waals surface area contributed by atoms with E-state index in [1.165, 1.54) is 0 Å². The van der Waals surface area contributed by atoms with Crippen LogP contribution < -0.4 is 16.2 Å². The van der Waals surface area contributed by atoms with Crippen molar-refractivity contribution in [2.45, 2.75) is 13.0 Å². The van der Waals surface area contributed by atoms with Crippen LogP contribution in [0.2, 0.25) is 0 Å². The van der Waals surface area contributed by atoms with Gasteiger partial charge in [-0.05, 0) is 19.1 Å². The molecule has 2 rings (SSSR count). The zero-order chi connectivity index (χ0) is 10.8. The summed E-state index contributed by atoms with van der Waals surface area (Å²) in [5, 5.41) is 0. The molecule has 0 spiro atoms. The van der Waals surface area contributed by atoms with Crippen LogP contribution in [0.3, 0.4) is 0 Å². The van der Waals surface area contributed by atoms with Gasteiger partial charge in [0, 0.05) is 12.1 Å². The van der Waals surface area contributed by atoms with Crippen LogP contribution in [0.25, 0.3) is 11.0 Å². The molecule has 1 heterocycles. The molecule has 0 bridgehead atoms. The van der Waals surface area contributed by atoms with Gasteiger partial charge in [-0.3, -0.25) is 0 Å². The van der Waals surface area contributed by atoms with Crippen molar-refractivity contribution in [3.05, 3.63) is 28.7 Å². The fourth-order valence-corrected chi connectivity index (χ4v) is 1.33. The second kappa shape index (κ2) is 3.78. The minimum atomic E-state index is -0.214.